The summed E-state index contributed by atoms with van der Waals surface area (Å²) in [5, 5.41) is 3.81. The van der Waals surface area contributed by atoms with Crippen LogP contribution in [0.4, 0.5) is 17.2 Å². The van der Waals surface area contributed by atoms with Gasteiger partial charge in [0.05, 0.1) is 23.8 Å². The van der Waals surface area contributed by atoms with Gasteiger partial charge in [0.15, 0.2) is 5.69 Å². The van der Waals surface area contributed by atoms with E-state index in [4.69, 9.17) is 28.9 Å². The molecule has 0 saturated heterocycles. The summed E-state index contributed by atoms with van der Waals surface area (Å²) in [7, 11) is 0. The number of amides is 1. The summed E-state index contributed by atoms with van der Waals surface area (Å²) in [5.41, 5.74) is 6.16. The standard InChI is InChI=1S/C23H25Cl2N5O3/c1-14(2)12-29(19(31)11-27-18-10-16(24)8-9-17(18)25)20-21(26)30(23(33)28-22(20)32)13-15-6-4-3-5-7-15/h3-10,14,27H,11-13,26H2,1-2H3,(H,28,32,33). The van der Waals surface area contributed by atoms with Crippen molar-refractivity contribution >= 4 is 46.3 Å². The number of halogens is 2. The number of rotatable bonds is 8. The summed E-state index contributed by atoms with van der Waals surface area (Å²) in [6.07, 6.45) is 0. The van der Waals surface area contributed by atoms with Crippen molar-refractivity contribution in [1.29, 1.82) is 0 Å². The minimum atomic E-state index is -0.725. The molecule has 1 heterocycles. The van der Waals surface area contributed by atoms with E-state index in [1.807, 2.05) is 44.2 Å². The third-order valence-corrected chi connectivity index (χ3v) is 5.44. The quantitative estimate of drug-likeness (QED) is 0.447. The number of hydrogen-bond acceptors (Lipinski definition) is 5. The fraction of sp³-hybridized carbons (Fsp3) is 0.261. The zero-order valence-corrected chi connectivity index (χ0v) is 19.8. The molecular formula is C23H25Cl2N5O3. The van der Waals surface area contributed by atoms with Crippen molar-refractivity contribution in [1.82, 2.24) is 9.55 Å². The predicted octanol–water partition coefficient (Wildman–Crippen LogP) is 3.58. The Morgan fingerprint density at radius 3 is 2.52 bits per heavy atom. The van der Waals surface area contributed by atoms with Crippen LogP contribution in [0.2, 0.25) is 10.0 Å². The highest BCUT2D eigenvalue weighted by atomic mass is 35.5. The third kappa shape index (κ3) is 5.97. The number of anilines is 3. The van der Waals surface area contributed by atoms with Crippen molar-refractivity contribution in [3.8, 4) is 0 Å². The smallest absolute Gasteiger partial charge is 0.330 e. The number of benzene rings is 2. The van der Waals surface area contributed by atoms with Gasteiger partial charge < -0.3 is 16.0 Å². The number of carbonyl (C=O) groups is 1. The van der Waals surface area contributed by atoms with Crippen LogP contribution in [0.5, 0.6) is 0 Å². The fourth-order valence-electron chi connectivity index (χ4n) is 3.34. The highest BCUT2D eigenvalue weighted by molar-refractivity contribution is 6.35. The van der Waals surface area contributed by atoms with Gasteiger partial charge in [-0.15, -0.1) is 0 Å². The summed E-state index contributed by atoms with van der Waals surface area (Å²) in [4.78, 5) is 42.0. The van der Waals surface area contributed by atoms with Gasteiger partial charge in [-0.1, -0.05) is 67.4 Å². The van der Waals surface area contributed by atoms with Crippen LogP contribution in [0, 0.1) is 5.92 Å². The first-order chi connectivity index (χ1) is 15.7. The molecule has 3 aromatic rings. The van der Waals surface area contributed by atoms with E-state index in [9.17, 15) is 14.4 Å². The Kier molecular flexibility index (Phi) is 7.84. The van der Waals surface area contributed by atoms with Gasteiger partial charge in [-0.25, -0.2) is 4.79 Å². The van der Waals surface area contributed by atoms with Gasteiger partial charge in [-0.3, -0.25) is 19.1 Å². The number of H-pyrrole nitrogens is 1. The molecule has 33 heavy (non-hydrogen) atoms. The second kappa shape index (κ2) is 10.6. The molecule has 174 valence electrons. The van der Waals surface area contributed by atoms with E-state index in [1.165, 1.54) is 9.47 Å². The van der Waals surface area contributed by atoms with E-state index in [-0.39, 0.29) is 37.1 Å². The minimum absolute atomic E-state index is 0.0250. The van der Waals surface area contributed by atoms with Crippen molar-refractivity contribution in [3.05, 3.63) is 85.0 Å². The summed E-state index contributed by atoms with van der Waals surface area (Å²) in [5.74, 6) is -0.471. The summed E-state index contributed by atoms with van der Waals surface area (Å²) in [6, 6.07) is 14.1. The third-order valence-electron chi connectivity index (χ3n) is 4.87. The van der Waals surface area contributed by atoms with Crippen molar-refractivity contribution in [2.45, 2.75) is 20.4 Å². The number of nitrogen functional groups attached to an aromatic ring is 1. The molecule has 8 nitrogen and oxygen atoms in total. The number of nitrogens with two attached hydrogens (primary N) is 1. The lowest BCUT2D eigenvalue weighted by Crippen LogP contribution is -2.44. The first-order valence-electron chi connectivity index (χ1n) is 10.3. The zero-order chi connectivity index (χ0) is 24.1. The fourth-order valence-corrected chi connectivity index (χ4v) is 3.70. The van der Waals surface area contributed by atoms with Crippen LogP contribution in [0.3, 0.4) is 0 Å². The SMILES string of the molecule is CC(C)CN(C(=O)CNc1cc(Cl)ccc1Cl)c1c(N)n(Cc2ccccc2)c(=O)[nH]c1=O. The second-order valence-corrected chi connectivity index (χ2v) is 8.78. The van der Waals surface area contributed by atoms with Crippen molar-refractivity contribution in [3.63, 3.8) is 0 Å². The average Bonchev–Trinajstić information content (AvgIpc) is 2.76. The predicted molar refractivity (Wildman–Crippen MR) is 133 cm³/mol. The summed E-state index contributed by atoms with van der Waals surface area (Å²) >= 11 is 12.2. The normalized spacial score (nSPS) is 10.9. The molecule has 10 heteroatoms. The molecule has 0 unspecified atom stereocenters. The van der Waals surface area contributed by atoms with Crippen LogP contribution in [-0.2, 0) is 11.3 Å². The summed E-state index contributed by atoms with van der Waals surface area (Å²) in [6.45, 7) is 4.03. The van der Waals surface area contributed by atoms with Crippen LogP contribution in [0.15, 0.2) is 58.1 Å². The number of nitrogens with one attached hydrogen (secondary N) is 2. The molecule has 4 N–H and O–H groups in total. The number of aromatic nitrogens is 2. The maximum Gasteiger partial charge on any atom is 0.330 e. The highest BCUT2D eigenvalue weighted by Crippen LogP contribution is 2.26. The molecule has 0 aliphatic heterocycles. The molecule has 0 fully saturated rings. The zero-order valence-electron chi connectivity index (χ0n) is 18.3. The van der Waals surface area contributed by atoms with Crippen LogP contribution >= 0.6 is 23.2 Å². The monoisotopic (exact) mass is 489 g/mol. The largest absolute Gasteiger partial charge is 0.383 e. The van der Waals surface area contributed by atoms with Crippen LogP contribution in [0.25, 0.3) is 0 Å². The molecule has 0 aliphatic carbocycles. The van der Waals surface area contributed by atoms with E-state index in [0.717, 1.165) is 5.56 Å². The number of carbonyl (C=O) groups excluding carboxylic acids is 1. The highest BCUT2D eigenvalue weighted by Gasteiger charge is 2.25. The maximum absolute atomic E-state index is 13.2. The van der Waals surface area contributed by atoms with E-state index >= 15 is 0 Å². The van der Waals surface area contributed by atoms with Gasteiger partial charge in [-0.2, -0.15) is 0 Å². The molecule has 3 rings (SSSR count). The Bertz CT molecular complexity index is 1260. The van der Waals surface area contributed by atoms with Gasteiger partial charge in [0, 0.05) is 11.6 Å². The first-order valence-corrected chi connectivity index (χ1v) is 11.1. The van der Waals surface area contributed by atoms with E-state index in [2.05, 4.69) is 10.3 Å². The van der Waals surface area contributed by atoms with Crippen LogP contribution < -0.4 is 27.2 Å². The van der Waals surface area contributed by atoms with Gasteiger partial charge in [0.25, 0.3) is 5.56 Å². The Hall–Kier alpha value is -3.23. The van der Waals surface area contributed by atoms with E-state index in [1.54, 1.807) is 18.2 Å². The van der Waals surface area contributed by atoms with Crippen LogP contribution in [0.1, 0.15) is 19.4 Å². The Labute approximate surface area is 200 Å². The van der Waals surface area contributed by atoms with Crippen molar-refractivity contribution in [2.24, 2.45) is 5.92 Å². The molecule has 1 aromatic heterocycles. The molecular weight excluding hydrogens is 465 g/mol. The van der Waals surface area contributed by atoms with E-state index in [0.29, 0.717) is 15.7 Å². The Morgan fingerprint density at radius 2 is 1.85 bits per heavy atom. The van der Waals surface area contributed by atoms with Gasteiger partial charge in [-0.05, 0) is 29.7 Å². The lowest BCUT2D eigenvalue weighted by Gasteiger charge is -2.26. The molecule has 2 aromatic carbocycles. The molecule has 0 radical (unpaired) electrons. The Balaban J connectivity index is 1.96. The van der Waals surface area contributed by atoms with Gasteiger partial charge in [0.2, 0.25) is 5.91 Å². The average molecular weight is 490 g/mol. The number of nitrogens with zero attached hydrogens (tertiary/aromatic N) is 2. The van der Waals surface area contributed by atoms with Gasteiger partial charge in [0.1, 0.15) is 5.82 Å². The second-order valence-electron chi connectivity index (χ2n) is 7.94. The lowest BCUT2D eigenvalue weighted by molar-refractivity contribution is -0.117. The summed E-state index contributed by atoms with van der Waals surface area (Å²) < 4.78 is 1.24. The lowest BCUT2D eigenvalue weighted by atomic mass is 10.2. The molecule has 0 saturated carbocycles. The van der Waals surface area contributed by atoms with E-state index < -0.39 is 17.2 Å². The minimum Gasteiger partial charge on any atom is -0.383 e. The molecule has 0 aliphatic rings. The van der Waals surface area contributed by atoms with Gasteiger partial charge >= 0.3 is 5.69 Å². The molecule has 0 atom stereocenters. The maximum atomic E-state index is 13.2. The van der Waals surface area contributed by atoms with Crippen molar-refractivity contribution in [2.75, 3.05) is 29.0 Å². The van der Waals surface area contributed by atoms with Crippen LogP contribution in [-0.4, -0.2) is 28.5 Å². The molecule has 0 bridgehead atoms. The first kappa shape index (κ1) is 24.4. The number of hydrogen-bond donors (Lipinski definition) is 3. The topological polar surface area (TPSA) is 113 Å². The molecule has 0 spiro atoms. The number of aromatic amines is 1. The molecule has 1 amide bonds. The van der Waals surface area contributed by atoms with Crippen molar-refractivity contribution < 1.29 is 4.79 Å². The Morgan fingerprint density at radius 1 is 1.15 bits per heavy atom.